The third-order valence-corrected chi connectivity index (χ3v) is 6.00. The smallest absolute Gasteiger partial charge is 0.268 e. The van der Waals surface area contributed by atoms with Gasteiger partial charge in [0.05, 0.1) is 11.4 Å². The molecule has 0 saturated carbocycles. The molecule has 0 spiro atoms. The monoisotopic (exact) mass is 387 g/mol. The predicted molar refractivity (Wildman–Crippen MR) is 116 cm³/mol. The van der Waals surface area contributed by atoms with Gasteiger partial charge in [0.15, 0.2) is 0 Å². The van der Waals surface area contributed by atoms with Gasteiger partial charge in [-0.15, -0.1) is 0 Å². The molecule has 0 aliphatic carbocycles. The van der Waals surface area contributed by atoms with Gasteiger partial charge < -0.3 is 0 Å². The van der Waals surface area contributed by atoms with Crippen molar-refractivity contribution < 1.29 is 9.59 Å². The van der Waals surface area contributed by atoms with E-state index in [-0.39, 0.29) is 17.7 Å². The van der Waals surface area contributed by atoms with E-state index >= 15 is 0 Å². The van der Waals surface area contributed by atoms with Gasteiger partial charge in [0.2, 0.25) is 0 Å². The zero-order chi connectivity index (χ0) is 19.8. The minimum absolute atomic E-state index is 0.216. The largest absolute Gasteiger partial charge is 0.293 e. The molecule has 1 saturated heterocycles. The van der Waals surface area contributed by atoms with E-state index in [2.05, 4.69) is 19.1 Å². The fraction of sp³-hybridized carbons (Fsp3) is 0.167. The molecule has 3 nitrogen and oxygen atoms in total. The molecule has 0 bridgehead atoms. The number of nitrogens with zero attached hydrogens (tertiary/aromatic N) is 1. The second-order valence-electron chi connectivity index (χ2n) is 7.22. The molecule has 1 fully saturated rings. The molecular formula is C24H21NO2S. The minimum atomic E-state index is -0.220. The van der Waals surface area contributed by atoms with Crippen molar-refractivity contribution in [3.63, 3.8) is 0 Å². The van der Waals surface area contributed by atoms with E-state index in [9.17, 15) is 9.59 Å². The van der Waals surface area contributed by atoms with E-state index < -0.39 is 0 Å². The molecule has 3 aromatic rings. The van der Waals surface area contributed by atoms with Gasteiger partial charge in [-0.3, -0.25) is 14.5 Å². The van der Waals surface area contributed by atoms with Crippen LogP contribution >= 0.6 is 11.8 Å². The van der Waals surface area contributed by atoms with Crippen LogP contribution < -0.4 is 0 Å². The van der Waals surface area contributed by atoms with E-state index in [0.29, 0.717) is 4.91 Å². The van der Waals surface area contributed by atoms with Crippen LogP contribution in [0.15, 0.2) is 59.5 Å². The third kappa shape index (κ3) is 3.36. The first-order chi connectivity index (χ1) is 13.4. The van der Waals surface area contributed by atoms with Crippen LogP contribution in [0.2, 0.25) is 0 Å². The number of amides is 2. The Morgan fingerprint density at radius 1 is 0.929 bits per heavy atom. The summed E-state index contributed by atoms with van der Waals surface area (Å²) in [5.74, 6) is -0.220. The van der Waals surface area contributed by atoms with Crippen LogP contribution in [0, 0.1) is 20.8 Å². The number of carbonyl (C=O) groups excluding carboxylic acids is 2. The van der Waals surface area contributed by atoms with Crippen LogP contribution in [-0.4, -0.2) is 16.0 Å². The number of hydrogen-bond donors (Lipinski definition) is 0. The highest BCUT2D eigenvalue weighted by atomic mass is 32.2. The summed E-state index contributed by atoms with van der Waals surface area (Å²) < 4.78 is 0. The Balaban J connectivity index is 1.66. The first-order valence-electron chi connectivity index (χ1n) is 9.24. The zero-order valence-corrected chi connectivity index (χ0v) is 17.0. The van der Waals surface area contributed by atoms with Crippen LogP contribution in [0.5, 0.6) is 0 Å². The third-order valence-electron chi connectivity index (χ3n) is 5.10. The lowest BCUT2D eigenvalue weighted by Crippen LogP contribution is -2.27. The van der Waals surface area contributed by atoms with Crippen LogP contribution in [0.1, 0.15) is 27.8 Å². The van der Waals surface area contributed by atoms with E-state index in [4.69, 9.17) is 0 Å². The summed E-state index contributed by atoms with van der Waals surface area (Å²) in [7, 11) is 0. The Morgan fingerprint density at radius 3 is 2.36 bits per heavy atom. The lowest BCUT2D eigenvalue weighted by atomic mass is 9.99. The number of aryl methyl sites for hydroxylation is 3. The molecule has 1 aliphatic heterocycles. The molecule has 4 heteroatoms. The highest BCUT2D eigenvalue weighted by Crippen LogP contribution is 2.35. The first kappa shape index (κ1) is 18.5. The van der Waals surface area contributed by atoms with Gasteiger partial charge in [0, 0.05) is 0 Å². The quantitative estimate of drug-likeness (QED) is 0.517. The van der Waals surface area contributed by atoms with Gasteiger partial charge in [-0.05, 0) is 71.6 Å². The summed E-state index contributed by atoms with van der Waals surface area (Å²) in [6.07, 6.45) is 1.86. The van der Waals surface area contributed by atoms with Crippen molar-refractivity contribution in [2.24, 2.45) is 0 Å². The number of thioether (sulfide) groups is 1. The maximum atomic E-state index is 13.0. The van der Waals surface area contributed by atoms with E-state index in [1.54, 1.807) is 0 Å². The molecule has 0 unspecified atom stereocenters. The fourth-order valence-corrected chi connectivity index (χ4v) is 4.61. The standard InChI is InChI=1S/C24H21NO2S/c1-15-11-16(2)21(17(3)12-15)13-22-23(26)25(24(27)28-22)14-19-9-6-8-18-7-4-5-10-20(18)19/h4-13H,14H2,1-3H3/b22-13-. The van der Waals surface area contributed by atoms with Gasteiger partial charge >= 0.3 is 0 Å². The Labute approximate surface area is 169 Å². The average Bonchev–Trinajstić information content (AvgIpc) is 2.92. The number of imide groups is 1. The normalized spacial score (nSPS) is 15.8. The molecule has 0 aromatic heterocycles. The number of rotatable bonds is 3. The van der Waals surface area contributed by atoms with E-state index in [0.717, 1.165) is 44.8 Å². The Hall–Kier alpha value is -2.85. The van der Waals surface area contributed by atoms with Gasteiger partial charge in [0.25, 0.3) is 11.1 Å². The summed E-state index contributed by atoms with van der Waals surface area (Å²) in [5.41, 5.74) is 5.40. The van der Waals surface area contributed by atoms with Crippen molar-refractivity contribution in [2.75, 3.05) is 0 Å². The second-order valence-corrected chi connectivity index (χ2v) is 8.21. The van der Waals surface area contributed by atoms with Gasteiger partial charge in [-0.2, -0.15) is 0 Å². The first-order valence-corrected chi connectivity index (χ1v) is 10.1. The molecule has 4 rings (SSSR count). The molecular weight excluding hydrogens is 366 g/mol. The molecule has 28 heavy (non-hydrogen) atoms. The molecule has 1 aliphatic rings. The van der Waals surface area contributed by atoms with E-state index in [1.807, 2.05) is 62.4 Å². The summed E-state index contributed by atoms with van der Waals surface area (Å²) in [6.45, 7) is 6.41. The number of benzene rings is 3. The lowest BCUT2D eigenvalue weighted by Gasteiger charge is -2.14. The fourth-order valence-electron chi connectivity index (χ4n) is 3.79. The van der Waals surface area contributed by atoms with Crippen LogP contribution in [0.25, 0.3) is 16.8 Å². The minimum Gasteiger partial charge on any atom is -0.268 e. The Bertz CT molecular complexity index is 1120. The van der Waals surface area contributed by atoms with Crippen LogP contribution in [0.4, 0.5) is 4.79 Å². The SMILES string of the molecule is Cc1cc(C)c(/C=C2\SC(=O)N(Cc3cccc4ccccc34)C2=O)c(C)c1. The zero-order valence-electron chi connectivity index (χ0n) is 16.2. The highest BCUT2D eigenvalue weighted by molar-refractivity contribution is 8.18. The lowest BCUT2D eigenvalue weighted by molar-refractivity contribution is -0.123. The molecule has 1 heterocycles. The maximum Gasteiger partial charge on any atom is 0.293 e. The number of carbonyl (C=O) groups is 2. The van der Waals surface area contributed by atoms with Crippen molar-refractivity contribution in [3.8, 4) is 0 Å². The molecule has 0 N–H and O–H groups in total. The van der Waals surface area contributed by atoms with Gasteiger partial charge in [0.1, 0.15) is 0 Å². The molecule has 0 radical (unpaired) electrons. The van der Waals surface area contributed by atoms with Crippen molar-refractivity contribution in [1.82, 2.24) is 4.90 Å². The molecule has 0 atom stereocenters. The van der Waals surface area contributed by atoms with E-state index in [1.165, 1.54) is 10.5 Å². The summed E-state index contributed by atoms with van der Waals surface area (Å²) in [5, 5.41) is 1.96. The summed E-state index contributed by atoms with van der Waals surface area (Å²) in [4.78, 5) is 27.4. The average molecular weight is 388 g/mol. The molecule has 3 aromatic carbocycles. The highest BCUT2D eigenvalue weighted by Gasteiger charge is 2.35. The Kier molecular flexibility index (Phi) is 4.82. The molecule has 2 amide bonds. The van der Waals surface area contributed by atoms with Crippen molar-refractivity contribution in [3.05, 3.63) is 87.3 Å². The van der Waals surface area contributed by atoms with Gasteiger partial charge in [-0.25, -0.2) is 0 Å². The van der Waals surface area contributed by atoms with Crippen LogP contribution in [-0.2, 0) is 11.3 Å². The molecule has 140 valence electrons. The van der Waals surface area contributed by atoms with Crippen LogP contribution in [0.3, 0.4) is 0 Å². The maximum absolute atomic E-state index is 13.0. The number of fused-ring (bicyclic) bond motifs is 1. The second kappa shape index (κ2) is 7.28. The number of hydrogen-bond acceptors (Lipinski definition) is 3. The topological polar surface area (TPSA) is 37.4 Å². The Morgan fingerprint density at radius 2 is 1.61 bits per heavy atom. The predicted octanol–water partition coefficient (Wildman–Crippen LogP) is 6.00. The van der Waals surface area contributed by atoms with Crippen molar-refractivity contribution in [2.45, 2.75) is 27.3 Å². The van der Waals surface area contributed by atoms with Crippen molar-refractivity contribution >= 4 is 39.8 Å². The summed E-state index contributed by atoms with van der Waals surface area (Å²) >= 11 is 1.02. The van der Waals surface area contributed by atoms with Crippen molar-refractivity contribution in [1.29, 1.82) is 0 Å². The summed E-state index contributed by atoms with van der Waals surface area (Å²) in [6, 6.07) is 18.2. The van der Waals surface area contributed by atoms with Gasteiger partial charge in [-0.1, -0.05) is 60.2 Å².